The van der Waals surface area contributed by atoms with Crippen LogP contribution in [0.3, 0.4) is 0 Å². The summed E-state index contributed by atoms with van der Waals surface area (Å²) in [4.78, 5) is 16.1. The summed E-state index contributed by atoms with van der Waals surface area (Å²) < 4.78 is 5.03. The summed E-state index contributed by atoms with van der Waals surface area (Å²) in [5.41, 5.74) is 7.53. The summed E-state index contributed by atoms with van der Waals surface area (Å²) in [6.45, 7) is 1.87. The van der Waals surface area contributed by atoms with Gasteiger partial charge in [-0.1, -0.05) is 0 Å². The first-order valence-corrected chi connectivity index (χ1v) is 6.15. The van der Waals surface area contributed by atoms with Crippen molar-refractivity contribution in [1.82, 2.24) is 4.98 Å². The van der Waals surface area contributed by atoms with E-state index in [2.05, 4.69) is 10.3 Å². The number of aryl methyl sites for hydroxylation is 1. The van der Waals surface area contributed by atoms with Crippen LogP contribution in [0.15, 0.2) is 23.6 Å². The van der Waals surface area contributed by atoms with E-state index in [0.29, 0.717) is 22.1 Å². The normalized spacial score (nSPS) is 10.1. The van der Waals surface area contributed by atoms with Crippen molar-refractivity contribution in [1.29, 1.82) is 0 Å². The Morgan fingerprint density at radius 1 is 1.50 bits per heavy atom. The monoisotopic (exact) mass is 263 g/mol. The van der Waals surface area contributed by atoms with Crippen LogP contribution >= 0.6 is 11.3 Å². The summed E-state index contributed by atoms with van der Waals surface area (Å²) in [5, 5.41) is 5.16. The number of carbonyl (C=O) groups is 1. The second-order valence-electron chi connectivity index (χ2n) is 3.70. The predicted octanol–water partition coefficient (Wildman–Crippen LogP) is 2.29. The minimum atomic E-state index is -0.237. The second-order valence-corrected chi connectivity index (χ2v) is 4.56. The zero-order chi connectivity index (χ0) is 13.1. The highest BCUT2D eigenvalue weighted by atomic mass is 32.1. The molecular weight excluding hydrogens is 250 g/mol. The number of hydrogen-bond acceptors (Lipinski definition) is 5. The van der Waals surface area contributed by atoms with Gasteiger partial charge in [-0.25, -0.2) is 4.98 Å². The topological polar surface area (TPSA) is 77.2 Å². The molecule has 0 bridgehead atoms. The number of carbonyl (C=O) groups excluding carboxylic acids is 1. The lowest BCUT2D eigenvalue weighted by Gasteiger charge is -2.06. The predicted molar refractivity (Wildman–Crippen MR) is 72.2 cm³/mol. The minimum absolute atomic E-state index is 0.237. The molecule has 0 radical (unpaired) electrons. The van der Waals surface area contributed by atoms with E-state index in [1.165, 1.54) is 18.4 Å². The minimum Gasteiger partial charge on any atom is -0.495 e. The number of anilines is 2. The molecule has 2 rings (SSSR count). The first-order valence-electron chi connectivity index (χ1n) is 5.27. The van der Waals surface area contributed by atoms with Crippen LogP contribution in [0.25, 0.3) is 0 Å². The van der Waals surface area contributed by atoms with Gasteiger partial charge < -0.3 is 10.5 Å². The van der Waals surface area contributed by atoms with E-state index in [4.69, 9.17) is 10.5 Å². The van der Waals surface area contributed by atoms with Crippen molar-refractivity contribution in [2.45, 2.75) is 6.92 Å². The van der Waals surface area contributed by atoms with Crippen molar-refractivity contribution in [3.05, 3.63) is 34.8 Å². The van der Waals surface area contributed by atoms with Gasteiger partial charge in [0.15, 0.2) is 5.13 Å². The number of nitrogens with one attached hydrogen (secondary N) is 1. The number of hydrogen-bond donors (Lipinski definition) is 2. The summed E-state index contributed by atoms with van der Waals surface area (Å²) >= 11 is 1.39. The summed E-state index contributed by atoms with van der Waals surface area (Å²) in [6, 6.07) is 4.90. The molecular formula is C12H13N3O2S. The lowest BCUT2D eigenvalue weighted by atomic mass is 10.2. The van der Waals surface area contributed by atoms with Crippen molar-refractivity contribution in [3.8, 4) is 5.75 Å². The maximum Gasteiger partial charge on any atom is 0.257 e. The van der Waals surface area contributed by atoms with E-state index in [1.54, 1.807) is 18.2 Å². The fourth-order valence-electron chi connectivity index (χ4n) is 1.46. The summed E-state index contributed by atoms with van der Waals surface area (Å²) in [6.07, 6.45) is 0. The Morgan fingerprint density at radius 2 is 2.28 bits per heavy atom. The average Bonchev–Trinajstić information content (AvgIpc) is 2.74. The van der Waals surface area contributed by atoms with Crippen LogP contribution in [0.4, 0.5) is 10.8 Å². The van der Waals surface area contributed by atoms with Crippen molar-refractivity contribution >= 4 is 28.1 Å². The third kappa shape index (κ3) is 2.60. The van der Waals surface area contributed by atoms with Gasteiger partial charge in [0.05, 0.1) is 18.5 Å². The number of amides is 1. The van der Waals surface area contributed by atoms with Crippen LogP contribution in [-0.4, -0.2) is 18.0 Å². The van der Waals surface area contributed by atoms with E-state index in [-0.39, 0.29) is 5.91 Å². The molecule has 2 aromatic rings. The number of aromatic nitrogens is 1. The highest BCUT2D eigenvalue weighted by molar-refractivity contribution is 7.13. The maximum atomic E-state index is 11.9. The van der Waals surface area contributed by atoms with E-state index >= 15 is 0 Å². The first-order chi connectivity index (χ1) is 8.60. The van der Waals surface area contributed by atoms with Crippen LogP contribution < -0.4 is 15.8 Å². The molecule has 6 heteroatoms. The number of nitrogens with two attached hydrogens (primary N) is 1. The first kappa shape index (κ1) is 12.4. The molecule has 1 aromatic heterocycles. The molecule has 0 aliphatic heterocycles. The van der Waals surface area contributed by atoms with Gasteiger partial charge in [0.1, 0.15) is 5.75 Å². The molecule has 0 spiro atoms. The van der Waals surface area contributed by atoms with Gasteiger partial charge in [-0.15, -0.1) is 11.3 Å². The van der Waals surface area contributed by atoms with Gasteiger partial charge >= 0.3 is 0 Å². The molecule has 0 saturated carbocycles. The van der Waals surface area contributed by atoms with Gasteiger partial charge in [0.2, 0.25) is 0 Å². The summed E-state index contributed by atoms with van der Waals surface area (Å²) in [7, 11) is 1.53. The Labute approximate surface area is 109 Å². The molecule has 1 amide bonds. The third-order valence-corrected chi connectivity index (χ3v) is 3.21. The van der Waals surface area contributed by atoms with E-state index < -0.39 is 0 Å². The quantitative estimate of drug-likeness (QED) is 0.833. The lowest BCUT2D eigenvalue weighted by molar-refractivity contribution is 0.102. The molecule has 0 aliphatic rings. The zero-order valence-corrected chi connectivity index (χ0v) is 10.9. The zero-order valence-electron chi connectivity index (χ0n) is 10.1. The van der Waals surface area contributed by atoms with Crippen LogP contribution in [0.1, 0.15) is 16.1 Å². The van der Waals surface area contributed by atoms with Gasteiger partial charge in [0, 0.05) is 10.9 Å². The van der Waals surface area contributed by atoms with Gasteiger partial charge in [-0.3, -0.25) is 10.1 Å². The third-order valence-electron chi connectivity index (χ3n) is 2.33. The van der Waals surface area contributed by atoms with E-state index in [9.17, 15) is 4.79 Å². The highest BCUT2D eigenvalue weighted by Gasteiger charge is 2.10. The summed E-state index contributed by atoms with van der Waals surface area (Å²) in [5.74, 6) is 0.315. The van der Waals surface area contributed by atoms with Gasteiger partial charge in [-0.05, 0) is 25.1 Å². The molecule has 1 aromatic carbocycles. The SMILES string of the molecule is COc1ccc(C(=O)Nc2nc(C)cs2)cc1N. The van der Waals surface area contributed by atoms with Gasteiger partial charge in [-0.2, -0.15) is 0 Å². The molecule has 0 unspecified atom stereocenters. The fraction of sp³-hybridized carbons (Fsp3) is 0.167. The van der Waals surface area contributed by atoms with Crippen LogP contribution in [0.2, 0.25) is 0 Å². The van der Waals surface area contributed by atoms with Gasteiger partial charge in [0.25, 0.3) is 5.91 Å². The standard InChI is InChI=1S/C12H13N3O2S/c1-7-6-18-12(14-7)15-11(16)8-3-4-10(17-2)9(13)5-8/h3-6H,13H2,1-2H3,(H,14,15,16). The maximum absolute atomic E-state index is 11.9. The molecule has 1 heterocycles. The van der Waals surface area contributed by atoms with Crippen LogP contribution in [0.5, 0.6) is 5.75 Å². The Hall–Kier alpha value is -2.08. The Balaban J connectivity index is 2.16. The second kappa shape index (κ2) is 5.05. The molecule has 0 atom stereocenters. The molecule has 0 saturated heterocycles. The van der Waals surface area contributed by atoms with Crippen molar-refractivity contribution in [2.75, 3.05) is 18.2 Å². The smallest absolute Gasteiger partial charge is 0.257 e. The lowest BCUT2D eigenvalue weighted by Crippen LogP contribution is -2.12. The van der Waals surface area contributed by atoms with E-state index in [1.807, 2.05) is 12.3 Å². The van der Waals surface area contributed by atoms with Crippen molar-refractivity contribution < 1.29 is 9.53 Å². The molecule has 3 N–H and O–H groups in total. The van der Waals surface area contributed by atoms with Crippen LogP contribution in [-0.2, 0) is 0 Å². The van der Waals surface area contributed by atoms with E-state index in [0.717, 1.165) is 5.69 Å². The number of thiazole rings is 1. The average molecular weight is 263 g/mol. The van der Waals surface area contributed by atoms with Crippen molar-refractivity contribution in [3.63, 3.8) is 0 Å². The highest BCUT2D eigenvalue weighted by Crippen LogP contribution is 2.23. The number of nitrogen functional groups attached to an aromatic ring is 1. The van der Waals surface area contributed by atoms with Crippen molar-refractivity contribution in [2.24, 2.45) is 0 Å². The Morgan fingerprint density at radius 3 is 2.83 bits per heavy atom. The molecule has 18 heavy (non-hydrogen) atoms. The fourth-order valence-corrected chi connectivity index (χ4v) is 2.14. The number of methoxy groups -OCH3 is 1. The largest absolute Gasteiger partial charge is 0.495 e. The Bertz CT molecular complexity index is 580. The molecule has 0 aliphatic carbocycles. The van der Waals surface area contributed by atoms with Crippen LogP contribution in [0, 0.1) is 6.92 Å². The molecule has 5 nitrogen and oxygen atoms in total. The Kier molecular flexibility index (Phi) is 3.47. The molecule has 0 fully saturated rings. The number of rotatable bonds is 3. The number of nitrogens with zero attached hydrogens (tertiary/aromatic N) is 1. The number of benzene rings is 1. The number of ether oxygens (including phenoxy) is 1. The molecule has 94 valence electrons.